The number of hydrogen-bond acceptors (Lipinski definition) is 6. The zero-order valence-corrected chi connectivity index (χ0v) is 16.4. The van der Waals surface area contributed by atoms with Crippen LogP contribution in [-0.2, 0) is 19.1 Å². The Morgan fingerprint density at radius 2 is 1.55 bits per heavy atom. The third kappa shape index (κ3) is 4.21. The number of carbonyl (C=O) groups is 2. The van der Waals surface area contributed by atoms with Gasteiger partial charge in [-0.2, -0.15) is 0 Å². The molecule has 6 heteroatoms. The molecule has 29 heavy (non-hydrogen) atoms. The highest BCUT2D eigenvalue weighted by atomic mass is 16.5. The number of hydrogen-bond donors (Lipinski definition) is 0. The van der Waals surface area contributed by atoms with Crippen molar-refractivity contribution in [2.75, 3.05) is 26.2 Å². The molecule has 6 nitrogen and oxygen atoms in total. The second-order valence-corrected chi connectivity index (χ2v) is 6.09. The van der Waals surface area contributed by atoms with Gasteiger partial charge in [0.15, 0.2) is 0 Å². The number of methoxy groups -OCH3 is 3. The van der Waals surface area contributed by atoms with Crippen molar-refractivity contribution in [1.82, 2.24) is 0 Å². The van der Waals surface area contributed by atoms with Gasteiger partial charge in [-0.25, -0.2) is 9.59 Å². The summed E-state index contributed by atoms with van der Waals surface area (Å²) in [6.45, 7) is 0. The largest absolute Gasteiger partial charge is 0.497 e. The number of carbonyl (C=O) groups excluding carboxylic acids is 2. The number of nitrogens with zero attached hydrogens (tertiary/aromatic N) is 1. The molecular weight excluding hydrogens is 370 g/mol. The fourth-order valence-corrected chi connectivity index (χ4v) is 2.98. The van der Waals surface area contributed by atoms with Crippen molar-refractivity contribution in [2.45, 2.75) is 0 Å². The Bertz CT molecular complexity index is 1000. The van der Waals surface area contributed by atoms with E-state index in [9.17, 15) is 9.59 Å². The van der Waals surface area contributed by atoms with E-state index in [-0.39, 0.29) is 11.3 Å². The van der Waals surface area contributed by atoms with E-state index in [1.165, 1.54) is 20.3 Å². The molecule has 0 saturated heterocycles. The summed E-state index contributed by atoms with van der Waals surface area (Å²) in [6.07, 6.45) is 6.63. The molecule has 0 aliphatic carbocycles. The molecule has 2 aromatic rings. The molecule has 1 heterocycles. The van der Waals surface area contributed by atoms with Crippen LogP contribution in [0.5, 0.6) is 5.75 Å². The first kappa shape index (κ1) is 19.9. The maximum Gasteiger partial charge on any atom is 0.355 e. The lowest BCUT2D eigenvalue weighted by molar-refractivity contribution is -0.139. The van der Waals surface area contributed by atoms with E-state index in [1.807, 2.05) is 48.5 Å². The van der Waals surface area contributed by atoms with Gasteiger partial charge in [-0.15, -0.1) is 0 Å². The number of rotatable bonds is 5. The standard InChI is InChI=1S/C23H21NO5/c1-27-19-12-10-16(11-13-19)17-7-6-8-18(15-17)24-14-5-4-9-20(22(25)28-2)21(24)23(26)29-3/h4-15H,1-3H3. The van der Waals surface area contributed by atoms with Gasteiger partial charge in [0.2, 0.25) is 0 Å². The van der Waals surface area contributed by atoms with Crippen LogP contribution in [0.25, 0.3) is 11.1 Å². The van der Waals surface area contributed by atoms with Gasteiger partial charge >= 0.3 is 11.9 Å². The minimum absolute atomic E-state index is 0.0798. The summed E-state index contributed by atoms with van der Waals surface area (Å²) >= 11 is 0. The molecule has 3 rings (SSSR count). The Hall–Kier alpha value is -3.80. The minimum Gasteiger partial charge on any atom is -0.497 e. The number of benzene rings is 2. The first-order valence-electron chi connectivity index (χ1n) is 8.88. The molecule has 148 valence electrons. The molecule has 1 aliphatic rings. The summed E-state index contributed by atoms with van der Waals surface area (Å²) in [5.41, 5.74) is 2.82. The molecular formula is C23H21NO5. The highest BCUT2D eigenvalue weighted by Gasteiger charge is 2.27. The van der Waals surface area contributed by atoms with Gasteiger partial charge in [0, 0.05) is 11.9 Å². The number of esters is 2. The first-order chi connectivity index (χ1) is 14.1. The SMILES string of the molecule is COC(=O)C1=C(C(=O)OC)N(c2cccc(-c3ccc(OC)cc3)c2)C=CC=C1. The number of ether oxygens (including phenoxy) is 3. The van der Waals surface area contributed by atoms with E-state index in [0.29, 0.717) is 5.69 Å². The predicted molar refractivity (Wildman–Crippen MR) is 110 cm³/mol. The second-order valence-electron chi connectivity index (χ2n) is 6.09. The van der Waals surface area contributed by atoms with Crippen molar-refractivity contribution in [3.8, 4) is 16.9 Å². The zero-order chi connectivity index (χ0) is 20.8. The first-order valence-corrected chi connectivity index (χ1v) is 8.88. The molecule has 0 unspecified atom stereocenters. The molecule has 0 bridgehead atoms. The Morgan fingerprint density at radius 1 is 0.828 bits per heavy atom. The van der Waals surface area contributed by atoms with Gasteiger partial charge in [-0.3, -0.25) is 0 Å². The highest BCUT2D eigenvalue weighted by Crippen LogP contribution is 2.30. The van der Waals surface area contributed by atoms with Gasteiger partial charge in [-0.05, 0) is 47.5 Å². The zero-order valence-electron chi connectivity index (χ0n) is 16.4. The van der Waals surface area contributed by atoms with Crippen LogP contribution in [0, 0.1) is 0 Å². The molecule has 0 amide bonds. The highest BCUT2D eigenvalue weighted by molar-refractivity contribution is 6.05. The normalized spacial score (nSPS) is 13.1. The van der Waals surface area contributed by atoms with E-state index in [1.54, 1.807) is 30.4 Å². The smallest absolute Gasteiger partial charge is 0.355 e. The van der Waals surface area contributed by atoms with Crippen LogP contribution in [0.3, 0.4) is 0 Å². The maximum absolute atomic E-state index is 12.5. The molecule has 0 atom stereocenters. The molecule has 0 radical (unpaired) electrons. The van der Waals surface area contributed by atoms with Crippen LogP contribution in [0.2, 0.25) is 0 Å². The molecule has 2 aromatic carbocycles. The Morgan fingerprint density at radius 3 is 2.21 bits per heavy atom. The van der Waals surface area contributed by atoms with Gasteiger partial charge in [0.25, 0.3) is 0 Å². The molecule has 0 saturated carbocycles. The molecule has 0 N–H and O–H groups in total. The summed E-state index contributed by atoms with van der Waals surface area (Å²) in [4.78, 5) is 26.4. The lowest BCUT2D eigenvalue weighted by Gasteiger charge is -2.23. The van der Waals surface area contributed by atoms with E-state index >= 15 is 0 Å². The summed E-state index contributed by atoms with van der Waals surface area (Å²) in [5.74, 6) is -0.497. The second kappa shape index (κ2) is 8.93. The number of anilines is 1. The van der Waals surface area contributed by atoms with E-state index in [0.717, 1.165) is 16.9 Å². The summed E-state index contributed by atoms with van der Waals surface area (Å²) in [6, 6.07) is 15.3. The van der Waals surface area contributed by atoms with Crippen LogP contribution in [-0.4, -0.2) is 33.3 Å². The third-order valence-corrected chi connectivity index (χ3v) is 4.44. The molecule has 0 aromatic heterocycles. The average Bonchev–Trinajstić information content (AvgIpc) is 3.01. The molecule has 0 fully saturated rings. The van der Waals surface area contributed by atoms with Crippen LogP contribution in [0.4, 0.5) is 5.69 Å². The van der Waals surface area contributed by atoms with Crippen molar-refractivity contribution in [2.24, 2.45) is 0 Å². The van der Waals surface area contributed by atoms with Crippen molar-refractivity contribution >= 4 is 17.6 Å². The van der Waals surface area contributed by atoms with Crippen molar-refractivity contribution in [1.29, 1.82) is 0 Å². The topological polar surface area (TPSA) is 65.1 Å². The van der Waals surface area contributed by atoms with E-state index in [2.05, 4.69) is 0 Å². The fourth-order valence-electron chi connectivity index (χ4n) is 2.98. The Labute approximate surface area is 169 Å². The van der Waals surface area contributed by atoms with Gasteiger partial charge in [0.05, 0.1) is 26.9 Å². The molecule has 1 aliphatic heterocycles. The number of allylic oxidation sites excluding steroid dienone is 2. The van der Waals surface area contributed by atoms with Gasteiger partial charge < -0.3 is 19.1 Å². The van der Waals surface area contributed by atoms with Crippen LogP contribution in [0.15, 0.2) is 84.2 Å². The van der Waals surface area contributed by atoms with Crippen molar-refractivity contribution < 1.29 is 23.8 Å². The van der Waals surface area contributed by atoms with Gasteiger partial charge in [0.1, 0.15) is 11.4 Å². The van der Waals surface area contributed by atoms with Crippen LogP contribution < -0.4 is 9.64 Å². The summed E-state index contributed by atoms with van der Waals surface area (Å²) in [7, 11) is 4.16. The van der Waals surface area contributed by atoms with Crippen LogP contribution >= 0.6 is 0 Å². The lowest BCUT2D eigenvalue weighted by Crippen LogP contribution is -2.26. The van der Waals surface area contributed by atoms with Crippen LogP contribution in [0.1, 0.15) is 0 Å². The van der Waals surface area contributed by atoms with Crippen molar-refractivity contribution in [3.63, 3.8) is 0 Å². The average molecular weight is 391 g/mol. The lowest BCUT2D eigenvalue weighted by atomic mass is 10.0. The third-order valence-electron chi connectivity index (χ3n) is 4.44. The quantitative estimate of drug-likeness (QED) is 0.722. The Kier molecular flexibility index (Phi) is 6.14. The summed E-state index contributed by atoms with van der Waals surface area (Å²) in [5, 5.41) is 0. The fraction of sp³-hybridized carbons (Fsp3) is 0.130. The monoisotopic (exact) mass is 391 g/mol. The Balaban J connectivity index is 2.09. The van der Waals surface area contributed by atoms with Gasteiger partial charge in [-0.1, -0.05) is 30.3 Å². The molecule has 0 spiro atoms. The minimum atomic E-state index is -0.642. The van der Waals surface area contributed by atoms with E-state index < -0.39 is 11.9 Å². The summed E-state index contributed by atoms with van der Waals surface area (Å²) < 4.78 is 15.0. The predicted octanol–water partition coefficient (Wildman–Crippen LogP) is 3.85. The van der Waals surface area contributed by atoms with Crippen molar-refractivity contribution in [3.05, 3.63) is 84.2 Å². The van der Waals surface area contributed by atoms with E-state index in [4.69, 9.17) is 14.2 Å². The maximum atomic E-state index is 12.5.